The molecular weight excluding hydrogens is 259 g/mol. The number of piperazine rings is 1. The Morgan fingerprint density at radius 2 is 1.53 bits per heavy atom. The van der Waals surface area contributed by atoms with Crippen molar-refractivity contribution in [1.82, 2.24) is 9.80 Å². The number of nitrogens with zero attached hydrogens (tertiary/aromatic N) is 2. The number of nitrogens with two attached hydrogens (primary N) is 1. The molecule has 0 aliphatic carbocycles. The number of rotatable bonds is 2. The molecule has 1 aliphatic heterocycles. The van der Waals surface area contributed by atoms with E-state index in [0.717, 1.165) is 13.1 Å². The molecule has 0 aromatic heterocycles. The number of hydrogen-bond acceptors (Lipinski definition) is 4. The molecule has 0 saturated carbocycles. The van der Waals surface area contributed by atoms with Gasteiger partial charge in [-0.3, -0.25) is 14.6 Å². The predicted octanol–water partition coefficient (Wildman–Crippen LogP) is 1.11. The summed E-state index contributed by atoms with van der Waals surface area (Å²) in [6.07, 6.45) is -5.70. The van der Waals surface area contributed by atoms with Crippen LogP contribution in [0.15, 0.2) is 0 Å². The largest absolute Gasteiger partial charge is 0.446 e. The van der Waals surface area contributed by atoms with E-state index in [1.165, 1.54) is 26.2 Å². The minimum Gasteiger partial charge on any atom is -0.329 e. The second-order valence-corrected chi connectivity index (χ2v) is 5.45. The van der Waals surface area contributed by atoms with Crippen molar-refractivity contribution in [2.75, 3.05) is 39.3 Å². The number of hydrogen-bond donors (Lipinski definition) is 1. The molecule has 114 valence electrons. The van der Waals surface area contributed by atoms with Crippen LogP contribution in [0.1, 0.15) is 20.8 Å². The first-order chi connectivity index (χ1) is 8.60. The maximum Gasteiger partial charge on any atom is 0.446 e. The molecule has 0 bridgehead atoms. The summed E-state index contributed by atoms with van der Waals surface area (Å²) in [5.41, 5.74) is 5.85. The average Bonchev–Trinajstić information content (AvgIpc) is 2.29. The quantitative estimate of drug-likeness (QED) is 0.771. The molecule has 1 saturated heterocycles. The molecule has 2 N–H and O–H groups in total. The van der Waals surface area contributed by atoms with Crippen LogP contribution < -0.4 is 5.73 Å². The molecule has 0 amide bonds. The Morgan fingerprint density at radius 3 is 1.79 bits per heavy atom. The Kier molecular flexibility index (Phi) is 7.54. The number of halogens is 3. The van der Waals surface area contributed by atoms with Gasteiger partial charge >= 0.3 is 6.18 Å². The highest BCUT2D eigenvalue weighted by Gasteiger charge is 2.25. The molecule has 7 heteroatoms. The fourth-order valence-electron chi connectivity index (χ4n) is 1.82. The Morgan fingerprint density at radius 1 is 1.11 bits per heavy atom. The minimum atomic E-state index is -4.64. The highest BCUT2D eigenvalue weighted by Crippen LogP contribution is 2.15. The molecule has 0 aromatic carbocycles. The van der Waals surface area contributed by atoms with E-state index in [1.807, 2.05) is 0 Å². The van der Waals surface area contributed by atoms with Crippen LogP contribution >= 0.6 is 0 Å². The molecule has 0 unspecified atom stereocenters. The van der Waals surface area contributed by atoms with E-state index in [4.69, 9.17) is 10.5 Å². The molecule has 0 aromatic rings. The fraction of sp³-hybridized carbons (Fsp3) is 0.917. The molecule has 1 fully saturated rings. The first-order valence-electron chi connectivity index (χ1n) is 6.30. The van der Waals surface area contributed by atoms with Crippen LogP contribution in [0.5, 0.6) is 0 Å². The van der Waals surface area contributed by atoms with Crippen LogP contribution in [0.2, 0.25) is 0 Å². The molecule has 0 atom stereocenters. The summed E-state index contributed by atoms with van der Waals surface area (Å²) in [5, 5.41) is 0. The molecule has 1 aliphatic rings. The third kappa shape index (κ3) is 8.96. The summed E-state index contributed by atoms with van der Waals surface area (Å²) in [5.74, 6) is 0. The van der Waals surface area contributed by atoms with Gasteiger partial charge in [0.05, 0.1) is 0 Å². The standard InChI is InChI=1S/C10H23N3.C2HF3O/c1-10(2,3)13-8-6-12(5-4-11)7-9-13;3-2(4,5)1-6/h4-9,11H2,1-3H3;1H. The minimum absolute atomic E-state index is 0.328. The van der Waals surface area contributed by atoms with Gasteiger partial charge in [0, 0.05) is 44.8 Å². The third-order valence-corrected chi connectivity index (χ3v) is 2.90. The van der Waals surface area contributed by atoms with Gasteiger partial charge in [-0.25, -0.2) is 0 Å². The topological polar surface area (TPSA) is 49.6 Å². The van der Waals surface area contributed by atoms with Gasteiger partial charge < -0.3 is 5.73 Å². The van der Waals surface area contributed by atoms with Crippen LogP contribution in [-0.4, -0.2) is 67.1 Å². The van der Waals surface area contributed by atoms with Gasteiger partial charge in [-0.2, -0.15) is 13.2 Å². The summed E-state index contributed by atoms with van der Waals surface area (Å²) < 4.78 is 31.2. The predicted molar refractivity (Wildman–Crippen MR) is 68.9 cm³/mol. The highest BCUT2D eigenvalue weighted by molar-refractivity contribution is 5.56. The van der Waals surface area contributed by atoms with E-state index in [9.17, 15) is 13.2 Å². The maximum absolute atomic E-state index is 10.4. The number of aldehydes is 1. The van der Waals surface area contributed by atoms with Gasteiger partial charge in [0.25, 0.3) is 0 Å². The van der Waals surface area contributed by atoms with Gasteiger partial charge in [-0.1, -0.05) is 0 Å². The summed E-state index contributed by atoms with van der Waals surface area (Å²) in [6.45, 7) is 13.4. The van der Waals surface area contributed by atoms with Crippen molar-refractivity contribution in [2.45, 2.75) is 32.5 Å². The van der Waals surface area contributed by atoms with E-state index in [1.54, 1.807) is 0 Å². The van der Waals surface area contributed by atoms with Crippen LogP contribution in [0.3, 0.4) is 0 Å². The Bertz CT molecular complexity index is 256. The van der Waals surface area contributed by atoms with Crippen LogP contribution in [0.4, 0.5) is 13.2 Å². The Hall–Kier alpha value is -0.660. The number of carbonyl (C=O) groups excluding carboxylic acids is 1. The molecule has 1 rings (SSSR count). The SMILES string of the molecule is CC(C)(C)N1CCN(CCN)CC1.O=CC(F)(F)F. The van der Waals surface area contributed by atoms with E-state index >= 15 is 0 Å². The molecule has 19 heavy (non-hydrogen) atoms. The Balaban J connectivity index is 0.000000459. The lowest BCUT2D eigenvalue weighted by Gasteiger charge is -2.42. The second kappa shape index (κ2) is 7.81. The van der Waals surface area contributed by atoms with Crippen LogP contribution in [0.25, 0.3) is 0 Å². The number of alkyl halides is 3. The molecular formula is C12H24F3N3O. The molecule has 0 radical (unpaired) electrons. The normalized spacial score (nSPS) is 18.7. The van der Waals surface area contributed by atoms with E-state index in [0.29, 0.717) is 5.54 Å². The van der Waals surface area contributed by atoms with Gasteiger partial charge in [0.2, 0.25) is 6.29 Å². The zero-order chi connectivity index (χ0) is 15.1. The van der Waals surface area contributed by atoms with Crippen molar-refractivity contribution in [1.29, 1.82) is 0 Å². The lowest BCUT2D eigenvalue weighted by molar-refractivity contribution is -0.156. The number of carbonyl (C=O) groups is 1. The summed E-state index contributed by atoms with van der Waals surface area (Å²) in [7, 11) is 0. The molecule has 0 spiro atoms. The van der Waals surface area contributed by atoms with Crippen molar-refractivity contribution in [2.24, 2.45) is 5.73 Å². The maximum atomic E-state index is 10.4. The zero-order valence-electron chi connectivity index (χ0n) is 11.8. The highest BCUT2D eigenvalue weighted by atomic mass is 19.4. The fourth-order valence-corrected chi connectivity index (χ4v) is 1.82. The average molecular weight is 283 g/mol. The van der Waals surface area contributed by atoms with Crippen LogP contribution in [0, 0.1) is 0 Å². The van der Waals surface area contributed by atoms with E-state index in [-0.39, 0.29) is 0 Å². The smallest absolute Gasteiger partial charge is 0.329 e. The first kappa shape index (κ1) is 18.3. The van der Waals surface area contributed by atoms with Crippen molar-refractivity contribution >= 4 is 6.29 Å². The summed E-state index contributed by atoms with van der Waals surface area (Å²) in [6, 6.07) is 0. The first-order valence-corrected chi connectivity index (χ1v) is 6.30. The van der Waals surface area contributed by atoms with E-state index < -0.39 is 12.5 Å². The summed E-state index contributed by atoms with van der Waals surface area (Å²) in [4.78, 5) is 13.7. The van der Waals surface area contributed by atoms with Crippen molar-refractivity contribution in [3.05, 3.63) is 0 Å². The van der Waals surface area contributed by atoms with Gasteiger partial charge in [0.15, 0.2) is 0 Å². The monoisotopic (exact) mass is 283 g/mol. The van der Waals surface area contributed by atoms with Crippen molar-refractivity contribution in [3.8, 4) is 0 Å². The van der Waals surface area contributed by atoms with Gasteiger partial charge in [0.1, 0.15) is 0 Å². The zero-order valence-corrected chi connectivity index (χ0v) is 11.8. The Labute approximate surface area is 112 Å². The van der Waals surface area contributed by atoms with Gasteiger partial charge in [-0.15, -0.1) is 0 Å². The molecule has 4 nitrogen and oxygen atoms in total. The van der Waals surface area contributed by atoms with Crippen molar-refractivity contribution in [3.63, 3.8) is 0 Å². The summed E-state index contributed by atoms with van der Waals surface area (Å²) >= 11 is 0. The van der Waals surface area contributed by atoms with E-state index in [2.05, 4.69) is 30.6 Å². The third-order valence-electron chi connectivity index (χ3n) is 2.90. The molecule has 1 heterocycles. The second-order valence-electron chi connectivity index (χ2n) is 5.45. The lowest BCUT2D eigenvalue weighted by atomic mass is 10.1. The van der Waals surface area contributed by atoms with Crippen molar-refractivity contribution < 1.29 is 18.0 Å². The lowest BCUT2D eigenvalue weighted by Crippen LogP contribution is -2.54. The van der Waals surface area contributed by atoms with Gasteiger partial charge in [-0.05, 0) is 20.8 Å². The van der Waals surface area contributed by atoms with Crippen LogP contribution in [-0.2, 0) is 4.79 Å².